The standard InChI is InChI=1S/C37H47N5O6/c1-6-34(44)42(36(46)25(4)38)21-29(41(23-42)33-18-12-16-28-15-10-11-17-30(28)33)20-32(35(45)39-31(26(5)43)19-24(2)3)40-37(47)48-22-27-13-8-7-9-14-27/h7-18,21,24-26,31-32,43H,6,19-20,22-23,38H2,1-5H3,(H-,39,40,45,47)/p+1/t25-,26-,31-,32-,42?/m0/s1. The fraction of sp³-hybridized carbons (Fsp3) is 0.405. The molecule has 11 nitrogen and oxygen atoms in total. The average Bonchev–Trinajstić information content (AvgIpc) is 3.45. The molecule has 0 aromatic heterocycles. The van der Waals surface area contributed by atoms with Gasteiger partial charge in [-0.15, -0.1) is 0 Å². The molecule has 5 atom stereocenters. The number of imide groups is 1. The minimum Gasteiger partial charge on any atom is -0.445 e. The van der Waals surface area contributed by atoms with Crippen LogP contribution in [0, 0.1) is 5.92 Å². The number of anilines is 1. The number of amides is 4. The van der Waals surface area contributed by atoms with E-state index in [1.807, 2.05) is 91.5 Å². The van der Waals surface area contributed by atoms with Crippen molar-refractivity contribution in [2.75, 3.05) is 11.6 Å². The molecule has 5 N–H and O–H groups in total. The van der Waals surface area contributed by atoms with Crippen LogP contribution in [0.25, 0.3) is 10.8 Å². The lowest BCUT2D eigenvalue weighted by Crippen LogP contribution is -2.58. The fourth-order valence-electron chi connectivity index (χ4n) is 6.06. The Morgan fingerprint density at radius 1 is 0.938 bits per heavy atom. The number of carbonyl (C=O) groups is 4. The highest BCUT2D eigenvalue weighted by Crippen LogP contribution is 2.37. The second-order valence-electron chi connectivity index (χ2n) is 12.9. The van der Waals surface area contributed by atoms with Gasteiger partial charge in [-0.25, -0.2) is 14.4 Å². The number of quaternary nitrogens is 1. The maximum atomic E-state index is 14.0. The van der Waals surface area contributed by atoms with E-state index in [-0.39, 0.29) is 37.9 Å². The van der Waals surface area contributed by atoms with Gasteiger partial charge in [-0.05, 0) is 43.2 Å². The van der Waals surface area contributed by atoms with Crippen molar-refractivity contribution in [3.05, 3.63) is 90.3 Å². The monoisotopic (exact) mass is 658 g/mol. The molecule has 1 unspecified atom stereocenters. The normalized spacial score (nSPS) is 18.5. The van der Waals surface area contributed by atoms with Crippen LogP contribution in [0.15, 0.2) is 84.7 Å². The van der Waals surface area contributed by atoms with Crippen LogP contribution in [0.5, 0.6) is 0 Å². The topological polar surface area (TPSA) is 151 Å². The number of nitrogens with two attached hydrogens (primary N) is 1. The summed E-state index contributed by atoms with van der Waals surface area (Å²) < 4.78 is 4.82. The maximum Gasteiger partial charge on any atom is 0.408 e. The number of nitrogens with zero attached hydrogens (tertiary/aromatic N) is 2. The van der Waals surface area contributed by atoms with Gasteiger partial charge in [0.2, 0.25) is 5.91 Å². The molecule has 0 saturated carbocycles. The van der Waals surface area contributed by atoms with Gasteiger partial charge < -0.3 is 26.2 Å². The van der Waals surface area contributed by atoms with E-state index in [9.17, 15) is 24.3 Å². The maximum absolute atomic E-state index is 14.0. The zero-order chi connectivity index (χ0) is 35.0. The molecular formula is C37H48N5O6+. The first kappa shape index (κ1) is 36.3. The Labute approximate surface area is 282 Å². The van der Waals surface area contributed by atoms with Gasteiger partial charge in [-0.3, -0.25) is 9.69 Å². The minimum absolute atomic E-state index is 0.0105. The van der Waals surface area contributed by atoms with Gasteiger partial charge in [-0.2, -0.15) is 4.48 Å². The number of rotatable bonds is 13. The molecule has 0 aliphatic carbocycles. The number of fused-ring (bicyclic) bond motifs is 1. The zero-order valence-electron chi connectivity index (χ0n) is 28.4. The van der Waals surface area contributed by atoms with Crippen molar-refractivity contribution in [2.45, 2.75) is 84.7 Å². The van der Waals surface area contributed by atoms with Crippen LogP contribution < -0.4 is 21.3 Å². The molecule has 0 saturated heterocycles. The Hall–Kier alpha value is -4.58. The summed E-state index contributed by atoms with van der Waals surface area (Å²) in [5.74, 6) is -1.19. The van der Waals surface area contributed by atoms with E-state index in [4.69, 9.17) is 10.5 Å². The minimum atomic E-state index is -1.19. The number of nitrogens with one attached hydrogen (secondary N) is 2. The predicted molar refractivity (Wildman–Crippen MR) is 185 cm³/mol. The van der Waals surface area contributed by atoms with Gasteiger partial charge in [0.05, 0.1) is 30.0 Å². The molecule has 3 aromatic carbocycles. The van der Waals surface area contributed by atoms with Crippen molar-refractivity contribution >= 4 is 40.3 Å². The van der Waals surface area contributed by atoms with Crippen molar-refractivity contribution in [3.8, 4) is 0 Å². The summed E-state index contributed by atoms with van der Waals surface area (Å²) in [5, 5.41) is 18.0. The van der Waals surface area contributed by atoms with E-state index in [0.29, 0.717) is 12.1 Å². The number of benzene rings is 3. The van der Waals surface area contributed by atoms with Crippen molar-refractivity contribution < 1.29 is 33.5 Å². The molecule has 4 amide bonds. The van der Waals surface area contributed by atoms with Crippen molar-refractivity contribution in [1.82, 2.24) is 10.6 Å². The highest BCUT2D eigenvalue weighted by atomic mass is 16.5. The third-order valence-corrected chi connectivity index (χ3v) is 8.54. The van der Waals surface area contributed by atoms with E-state index >= 15 is 0 Å². The van der Waals surface area contributed by atoms with E-state index in [2.05, 4.69) is 10.6 Å². The summed E-state index contributed by atoms with van der Waals surface area (Å²) in [7, 11) is 0. The van der Waals surface area contributed by atoms with Crippen molar-refractivity contribution in [1.29, 1.82) is 0 Å². The van der Waals surface area contributed by atoms with Crippen molar-refractivity contribution in [2.24, 2.45) is 11.7 Å². The Bertz CT molecular complexity index is 1630. The molecule has 0 spiro atoms. The van der Waals surface area contributed by atoms with Gasteiger partial charge in [0, 0.05) is 11.8 Å². The number of aliphatic hydroxyl groups excluding tert-OH is 1. The summed E-state index contributed by atoms with van der Waals surface area (Å²) in [6, 6.07) is 19.9. The molecule has 1 aliphatic rings. The van der Waals surface area contributed by atoms with E-state index in [1.165, 1.54) is 0 Å². The number of carbonyl (C=O) groups excluding carboxylic acids is 4. The molecule has 0 radical (unpaired) electrons. The highest BCUT2D eigenvalue weighted by Gasteiger charge is 2.51. The number of hydrogen-bond donors (Lipinski definition) is 4. The van der Waals surface area contributed by atoms with Crippen LogP contribution in [0.4, 0.5) is 10.5 Å². The first-order valence-electron chi connectivity index (χ1n) is 16.5. The first-order chi connectivity index (χ1) is 22.9. The lowest BCUT2D eigenvalue weighted by molar-refractivity contribution is -0.719. The highest BCUT2D eigenvalue weighted by molar-refractivity contribution is 5.96. The lowest BCUT2D eigenvalue weighted by Gasteiger charge is -2.30. The van der Waals surface area contributed by atoms with E-state index in [0.717, 1.165) is 22.0 Å². The summed E-state index contributed by atoms with van der Waals surface area (Å²) >= 11 is 0. The average molecular weight is 659 g/mol. The smallest absolute Gasteiger partial charge is 0.408 e. The van der Waals surface area contributed by atoms with Crippen LogP contribution in [-0.4, -0.2) is 64.3 Å². The molecule has 256 valence electrons. The van der Waals surface area contributed by atoms with Gasteiger partial charge in [0.1, 0.15) is 24.9 Å². The molecule has 11 heteroatoms. The summed E-state index contributed by atoms with van der Waals surface area (Å²) in [4.78, 5) is 56.4. The molecule has 1 aliphatic heterocycles. The van der Waals surface area contributed by atoms with Gasteiger partial charge in [0.15, 0.2) is 6.67 Å². The third-order valence-electron chi connectivity index (χ3n) is 8.54. The molecular weight excluding hydrogens is 610 g/mol. The Morgan fingerprint density at radius 2 is 1.60 bits per heavy atom. The van der Waals surface area contributed by atoms with Crippen LogP contribution >= 0.6 is 0 Å². The fourth-order valence-corrected chi connectivity index (χ4v) is 6.06. The van der Waals surface area contributed by atoms with Crippen LogP contribution in [-0.2, 0) is 25.7 Å². The SMILES string of the molecule is CCC(=O)[N+]1(C(=O)[C@H](C)N)C=C(C[C@H](NC(=O)OCc2ccccc2)C(=O)N[C@@H](CC(C)C)[C@H](C)O)N(c2cccc3ccccc23)C1. The number of alkyl carbamates (subject to hydrolysis) is 1. The van der Waals surface area contributed by atoms with Crippen LogP contribution in [0.2, 0.25) is 0 Å². The molecule has 1 heterocycles. The molecule has 3 aromatic rings. The Kier molecular flexibility index (Phi) is 12.1. The second kappa shape index (κ2) is 16.0. The Morgan fingerprint density at radius 3 is 2.25 bits per heavy atom. The summed E-state index contributed by atoms with van der Waals surface area (Å²) in [6.45, 7) is 8.74. The molecule has 0 bridgehead atoms. The number of aliphatic hydroxyl groups is 1. The molecule has 0 fully saturated rings. The zero-order valence-corrected chi connectivity index (χ0v) is 28.4. The predicted octanol–water partition coefficient (Wildman–Crippen LogP) is 4.68. The lowest BCUT2D eigenvalue weighted by atomic mass is 9.99. The second-order valence-corrected chi connectivity index (χ2v) is 12.9. The van der Waals surface area contributed by atoms with Crippen LogP contribution in [0.3, 0.4) is 0 Å². The molecule has 4 rings (SSSR count). The summed E-state index contributed by atoms with van der Waals surface area (Å²) in [5.41, 5.74) is 8.08. The van der Waals surface area contributed by atoms with Gasteiger partial charge >= 0.3 is 17.9 Å². The third kappa shape index (κ3) is 8.46. The molecule has 48 heavy (non-hydrogen) atoms. The van der Waals surface area contributed by atoms with E-state index in [1.54, 1.807) is 27.0 Å². The number of ether oxygens (including phenoxy) is 1. The Balaban J connectivity index is 1.77. The van der Waals surface area contributed by atoms with Gasteiger partial charge in [0.25, 0.3) is 0 Å². The van der Waals surface area contributed by atoms with Gasteiger partial charge in [-0.1, -0.05) is 87.5 Å². The quantitative estimate of drug-likeness (QED) is 0.193. The largest absolute Gasteiger partial charge is 0.445 e. The van der Waals surface area contributed by atoms with Crippen LogP contribution in [0.1, 0.15) is 59.4 Å². The first-order valence-corrected chi connectivity index (χ1v) is 16.5. The summed E-state index contributed by atoms with van der Waals surface area (Å²) in [6.07, 6.45) is 0.390. The van der Waals surface area contributed by atoms with E-state index < -0.39 is 46.6 Å². The number of hydrogen-bond acceptors (Lipinski definition) is 8. The van der Waals surface area contributed by atoms with Crippen molar-refractivity contribution in [3.63, 3.8) is 0 Å².